The molecule has 43 heavy (non-hydrogen) atoms. The molecule has 0 amide bonds. The first-order valence-electron chi connectivity index (χ1n) is 15.6. The highest BCUT2D eigenvalue weighted by Crippen LogP contribution is 2.35. The smallest absolute Gasteiger partial charge is 0.232 e. The largest absolute Gasteiger partial charge is 0.381 e. The number of para-hydroxylation sites is 1. The number of piperidine rings is 1. The molecule has 4 heterocycles. The van der Waals surface area contributed by atoms with Crippen LogP contribution in [0.15, 0.2) is 60.7 Å². The maximum atomic E-state index is 6.39. The van der Waals surface area contributed by atoms with Crippen LogP contribution in [0.5, 0.6) is 0 Å². The molecule has 3 saturated heterocycles. The third-order valence-corrected chi connectivity index (χ3v) is 9.70. The molecule has 0 aliphatic carbocycles. The van der Waals surface area contributed by atoms with E-state index in [2.05, 4.69) is 80.8 Å². The van der Waals surface area contributed by atoms with Crippen molar-refractivity contribution in [3.05, 3.63) is 71.2 Å². The second kappa shape index (κ2) is 13.7. The molecular weight excluding hydrogens is 578 g/mol. The van der Waals surface area contributed by atoms with Crippen LogP contribution in [-0.2, 0) is 10.2 Å². The van der Waals surface area contributed by atoms with E-state index in [-0.39, 0.29) is 5.41 Å². The second-order valence-electron chi connectivity index (χ2n) is 12.0. The zero-order chi connectivity index (χ0) is 29.6. The zero-order valence-corrected chi connectivity index (χ0v) is 26.5. The number of rotatable bonds is 7. The highest BCUT2D eigenvalue weighted by atomic mass is 35.5. The van der Waals surface area contributed by atoms with Gasteiger partial charge in [0.2, 0.25) is 5.95 Å². The molecule has 8 nitrogen and oxygen atoms in total. The van der Waals surface area contributed by atoms with Crippen LogP contribution in [0.25, 0.3) is 0 Å². The van der Waals surface area contributed by atoms with Crippen molar-refractivity contribution in [2.75, 3.05) is 72.5 Å². The minimum atomic E-state index is -0.107. The summed E-state index contributed by atoms with van der Waals surface area (Å²) in [6, 6.07) is 21.4. The fourth-order valence-corrected chi connectivity index (χ4v) is 6.96. The molecule has 3 aliphatic heterocycles. The molecule has 0 unspecified atom stereocenters. The first-order chi connectivity index (χ1) is 21.0. The molecule has 1 atom stereocenters. The standard InChI is InChI=1S/C33H42ClN7OS/c1-25-8-5-6-15-41(25)30-23-29(40-18-16-39(17-19-40)28-11-3-2-4-12-28)36-31(37-30)38-32(43)35-24-33(13-20-42-21-14-33)26-9-7-10-27(34)22-26/h2-4,7,9-12,22-23,25H,5-6,8,13-21,24H2,1H3,(H2,35,36,37,38,43)/t25-/m0/s1. The van der Waals surface area contributed by atoms with E-state index in [4.69, 9.17) is 38.5 Å². The van der Waals surface area contributed by atoms with Gasteiger partial charge in [-0.1, -0.05) is 41.9 Å². The number of anilines is 4. The topological polar surface area (TPSA) is 68.8 Å². The van der Waals surface area contributed by atoms with Gasteiger partial charge in [0.1, 0.15) is 11.6 Å². The molecule has 3 fully saturated rings. The molecule has 0 radical (unpaired) electrons. The Hall–Kier alpha value is -3.14. The summed E-state index contributed by atoms with van der Waals surface area (Å²) in [4.78, 5) is 17.2. The van der Waals surface area contributed by atoms with Crippen LogP contribution in [0.4, 0.5) is 23.3 Å². The summed E-state index contributed by atoms with van der Waals surface area (Å²) in [5.41, 5.74) is 2.38. The van der Waals surface area contributed by atoms with Crippen LogP contribution in [0.2, 0.25) is 5.02 Å². The van der Waals surface area contributed by atoms with Crippen molar-refractivity contribution < 1.29 is 4.74 Å². The molecule has 0 saturated carbocycles. The molecule has 2 aromatic carbocycles. The Morgan fingerprint density at radius 2 is 1.67 bits per heavy atom. The highest BCUT2D eigenvalue weighted by molar-refractivity contribution is 7.80. The summed E-state index contributed by atoms with van der Waals surface area (Å²) >= 11 is 12.2. The number of piperazine rings is 1. The van der Waals surface area contributed by atoms with Gasteiger partial charge >= 0.3 is 0 Å². The lowest BCUT2D eigenvalue weighted by Gasteiger charge is -2.38. The van der Waals surface area contributed by atoms with Gasteiger partial charge in [-0.25, -0.2) is 0 Å². The Balaban J connectivity index is 1.18. The van der Waals surface area contributed by atoms with E-state index in [1.54, 1.807) is 0 Å². The van der Waals surface area contributed by atoms with Crippen LogP contribution in [0.3, 0.4) is 0 Å². The van der Waals surface area contributed by atoms with Gasteiger partial charge in [0, 0.05) is 80.7 Å². The lowest BCUT2D eigenvalue weighted by molar-refractivity contribution is 0.0515. The van der Waals surface area contributed by atoms with Gasteiger partial charge in [0.05, 0.1) is 0 Å². The number of hydrogen-bond acceptors (Lipinski definition) is 7. The van der Waals surface area contributed by atoms with Crippen molar-refractivity contribution in [2.24, 2.45) is 0 Å². The van der Waals surface area contributed by atoms with Gasteiger partial charge in [-0.3, -0.25) is 0 Å². The van der Waals surface area contributed by atoms with Crippen molar-refractivity contribution in [3.63, 3.8) is 0 Å². The first-order valence-corrected chi connectivity index (χ1v) is 16.4. The van der Waals surface area contributed by atoms with Crippen LogP contribution < -0.4 is 25.3 Å². The summed E-state index contributed by atoms with van der Waals surface area (Å²) in [5, 5.41) is 8.12. The Labute approximate surface area is 265 Å². The number of ether oxygens (including phenoxy) is 1. The van der Waals surface area contributed by atoms with E-state index >= 15 is 0 Å². The molecule has 1 aromatic heterocycles. The van der Waals surface area contributed by atoms with Gasteiger partial charge in [0.25, 0.3) is 0 Å². The summed E-state index contributed by atoms with van der Waals surface area (Å²) in [6.07, 6.45) is 5.42. The number of thiocarbonyl (C=S) groups is 1. The molecule has 3 aromatic rings. The lowest BCUT2D eigenvalue weighted by Crippen LogP contribution is -2.47. The van der Waals surface area contributed by atoms with Crippen molar-refractivity contribution >= 4 is 52.2 Å². The molecule has 228 valence electrons. The predicted octanol–water partition coefficient (Wildman–Crippen LogP) is 5.87. The summed E-state index contributed by atoms with van der Waals surface area (Å²) < 4.78 is 5.72. The SMILES string of the molecule is C[C@H]1CCCCN1c1cc(N2CCN(c3ccccc3)CC2)nc(NC(=S)NCC2(c3cccc(Cl)c3)CCOCC2)n1. The van der Waals surface area contributed by atoms with Crippen molar-refractivity contribution in [1.82, 2.24) is 15.3 Å². The number of hydrogen-bond donors (Lipinski definition) is 2. The maximum absolute atomic E-state index is 6.39. The molecule has 0 bridgehead atoms. The fraction of sp³-hybridized carbons (Fsp3) is 0.485. The molecule has 10 heteroatoms. The summed E-state index contributed by atoms with van der Waals surface area (Å²) in [7, 11) is 0. The van der Waals surface area contributed by atoms with Gasteiger partial charge < -0.3 is 30.1 Å². The number of nitrogens with zero attached hydrogens (tertiary/aromatic N) is 5. The van der Waals surface area contributed by atoms with Crippen LogP contribution >= 0.6 is 23.8 Å². The van der Waals surface area contributed by atoms with Crippen LogP contribution in [0, 0.1) is 0 Å². The van der Waals surface area contributed by atoms with Crippen LogP contribution in [0.1, 0.15) is 44.6 Å². The molecular formula is C33H42ClN7OS. The Kier molecular flexibility index (Phi) is 9.50. The third-order valence-electron chi connectivity index (χ3n) is 9.22. The Morgan fingerprint density at radius 3 is 2.42 bits per heavy atom. The molecule has 3 aliphatic rings. The van der Waals surface area contributed by atoms with E-state index in [1.807, 2.05) is 12.1 Å². The molecule has 0 spiro atoms. The maximum Gasteiger partial charge on any atom is 0.232 e. The van der Waals surface area contributed by atoms with Gasteiger partial charge in [0.15, 0.2) is 5.11 Å². The normalized spacial score (nSPS) is 20.5. The fourth-order valence-electron chi connectivity index (χ4n) is 6.60. The Morgan fingerprint density at radius 1 is 0.930 bits per heavy atom. The van der Waals surface area contributed by atoms with E-state index in [0.29, 0.717) is 36.9 Å². The molecule has 2 N–H and O–H groups in total. The van der Waals surface area contributed by atoms with Crippen LogP contribution in [-0.4, -0.2) is 73.6 Å². The Bertz CT molecular complexity index is 1380. The van der Waals surface area contributed by atoms with Gasteiger partial charge in [-0.05, 0) is 81.1 Å². The minimum absolute atomic E-state index is 0.107. The summed E-state index contributed by atoms with van der Waals surface area (Å²) in [6.45, 7) is 9.10. The molecule has 6 rings (SSSR count). The summed E-state index contributed by atoms with van der Waals surface area (Å²) in [5.74, 6) is 2.45. The lowest BCUT2D eigenvalue weighted by atomic mass is 9.74. The van der Waals surface area contributed by atoms with E-state index in [0.717, 1.165) is 62.2 Å². The number of aromatic nitrogens is 2. The van der Waals surface area contributed by atoms with E-state index < -0.39 is 0 Å². The number of benzene rings is 2. The quantitative estimate of drug-likeness (QED) is 0.316. The highest BCUT2D eigenvalue weighted by Gasteiger charge is 2.35. The van der Waals surface area contributed by atoms with Crippen molar-refractivity contribution in [1.29, 1.82) is 0 Å². The predicted molar refractivity (Wildman–Crippen MR) is 181 cm³/mol. The average molecular weight is 620 g/mol. The van der Waals surface area contributed by atoms with E-state index in [9.17, 15) is 0 Å². The van der Waals surface area contributed by atoms with Gasteiger partial charge in [-0.15, -0.1) is 0 Å². The van der Waals surface area contributed by atoms with E-state index in [1.165, 1.54) is 30.5 Å². The zero-order valence-electron chi connectivity index (χ0n) is 25.0. The van der Waals surface area contributed by atoms with Crippen molar-refractivity contribution in [2.45, 2.75) is 50.5 Å². The third kappa shape index (κ3) is 7.16. The first kappa shape index (κ1) is 29.9. The van der Waals surface area contributed by atoms with Crippen molar-refractivity contribution in [3.8, 4) is 0 Å². The monoisotopic (exact) mass is 619 g/mol. The minimum Gasteiger partial charge on any atom is -0.381 e. The number of nitrogens with one attached hydrogen (secondary N) is 2. The second-order valence-corrected chi connectivity index (χ2v) is 12.8. The van der Waals surface area contributed by atoms with Gasteiger partial charge in [-0.2, -0.15) is 9.97 Å². The average Bonchev–Trinajstić information content (AvgIpc) is 3.05. The number of halogens is 1.